The van der Waals surface area contributed by atoms with Gasteiger partial charge in [0.05, 0.1) is 0 Å². The van der Waals surface area contributed by atoms with Crippen LogP contribution in [0.25, 0.3) is 0 Å². The van der Waals surface area contributed by atoms with E-state index >= 15 is 0 Å². The molecule has 0 aliphatic heterocycles. The minimum absolute atomic E-state index is 0.121. The van der Waals surface area contributed by atoms with Gasteiger partial charge < -0.3 is 10.6 Å². The molecule has 1 aromatic heterocycles. The topological polar surface area (TPSA) is 49.8 Å². The lowest BCUT2D eigenvalue weighted by atomic mass is 9.97. The van der Waals surface area contributed by atoms with Crippen LogP contribution in [0.5, 0.6) is 0 Å². The number of nitrogens with one attached hydrogen (secondary N) is 2. The van der Waals surface area contributed by atoms with Crippen molar-refractivity contribution >= 4 is 23.1 Å². The van der Waals surface area contributed by atoms with E-state index in [0.717, 1.165) is 30.3 Å². The van der Waals surface area contributed by atoms with E-state index in [1.54, 1.807) is 6.07 Å². The Morgan fingerprint density at radius 3 is 2.03 bits per heavy atom. The molecule has 0 unspecified atom stereocenters. The van der Waals surface area contributed by atoms with Crippen LogP contribution in [0.3, 0.4) is 0 Å². The van der Waals surface area contributed by atoms with E-state index in [1.165, 1.54) is 44.1 Å². The highest BCUT2D eigenvalue weighted by Crippen LogP contribution is 2.38. The van der Waals surface area contributed by atoms with Crippen molar-refractivity contribution in [2.45, 2.75) is 69.4 Å². The Morgan fingerprint density at radius 2 is 1.38 bits per heavy atom. The number of anilines is 4. The first kappa shape index (κ1) is 22.7. The molecule has 0 atom stereocenters. The minimum Gasteiger partial charge on any atom is -0.340 e. The summed E-state index contributed by atoms with van der Waals surface area (Å²) >= 11 is 0. The van der Waals surface area contributed by atoms with Crippen molar-refractivity contribution in [3.05, 3.63) is 71.4 Å². The highest BCUT2D eigenvalue weighted by Gasteiger charge is 2.35. The van der Waals surface area contributed by atoms with Crippen molar-refractivity contribution < 1.29 is 13.2 Å². The van der Waals surface area contributed by atoms with Crippen molar-refractivity contribution in [2.24, 2.45) is 0 Å². The Morgan fingerprint density at radius 1 is 0.735 bits per heavy atom. The number of halogens is 3. The molecule has 0 spiro atoms. The van der Waals surface area contributed by atoms with Crippen LogP contribution in [0, 0.1) is 0 Å². The predicted octanol–water partition coefficient (Wildman–Crippen LogP) is 8.30. The third kappa shape index (κ3) is 5.18. The lowest BCUT2D eigenvalue weighted by Crippen LogP contribution is -2.12. The smallest absolute Gasteiger partial charge is 0.340 e. The molecule has 2 aliphatic rings. The predicted molar refractivity (Wildman–Crippen MR) is 129 cm³/mol. The van der Waals surface area contributed by atoms with Crippen LogP contribution in [-0.4, -0.2) is 9.97 Å². The molecule has 2 N–H and O–H groups in total. The molecule has 2 fully saturated rings. The summed E-state index contributed by atoms with van der Waals surface area (Å²) < 4.78 is 41.1. The normalized spacial score (nSPS) is 17.3. The minimum atomic E-state index is -4.56. The Kier molecular flexibility index (Phi) is 6.44. The zero-order valence-corrected chi connectivity index (χ0v) is 19.0. The molecular weight excluding hydrogens is 437 g/mol. The van der Waals surface area contributed by atoms with Crippen molar-refractivity contribution in [2.75, 3.05) is 10.6 Å². The van der Waals surface area contributed by atoms with Crippen molar-refractivity contribution in [1.29, 1.82) is 0 Å². The highest BCUT2D eigenvalue weighted by atomic mass is 19.4. The van der Waals surface area contributed by atoms with Crippen LogP contribution in [0.1, 0.15) is 79.9 Å². The zero-order valence-electron chi connectivity index (χ0n) is 19.0. The maximum atomic E-state index is 13.7. The van der Waals surface area contributed by atoms with Gasteiger partial charge in [0.15, 0.2) is 0 Å². The average Bonchev–Trinajstić information content (AvgIpc) is 3.54. The summed E-state index contributed by atoms with van der Waals surface area (Å²) in [4.78, 5) is 8.14. The molecule has 4 nitrogen and oxygen atoms in total. The number of rotatable bonds is 6. The summed E-state index contributed by atoms with van der Waals surface area (Å²) in [5.41, 5.74) is 2.92. The summed E-state index contributed by atoms with van der Waals surface area (Å²) in [7, 11) is 0. The molecule has 178 valence electrons. The summed E-state index contributed by atoms with van der Waals surface area (Å²) in [6.07, 6.45) is 5.88. The summed E-state index contributed by atoms with van der Waals surface area (Å²) in [6.45, 7) is 0. The number of aromatic nitrogens is 2. The molecule has 0 bridgehead atoms. The van der Waals surface area contributed by atoms with Gasteiger partial charge in [0, 0.05) is 17.6 Å². The van der Waals surface area contributed by atoms with E-state index in [9.17, 15) is 13.2 Å². The van der Waals surface area contributed by atoms with Gasteiger partial charge >= 0.3 is 6.18 Å². The third-order valence-corrected chi connectivity index (χ3v) is 7.06. The Balaban J connectivity index is 1.37. The van der Waals surface area contributed by atoms with Gasteiger partial charge in [-0.1, -0.05) is 49.9 Å². The Hall–Kier alpha value is -3.09. The molecule has 3 aromatic rings. The lowest BCUT2D eigenvalue weighted by molar-refractivity contribution is -0.137. The van der Waals surface area contributed by atoms with Crippen molar-refractivity contribution in [3.63, 3.8) is 0 Å². The second-order valence-electron chi connectivity index (χ2n) is 9.41. The van der Waals surface area contributed by atoms with Crippen LogP contribution in [0.15, 0.2) is 54.7 Å². The van der Waals surface area contributed by atoms with Gasteiger partial charge in [-0.3, -0.25) is 0 Å². The molecular formula is C27H29F3N4. The molecule has 2 aromatic carbocycles. The van der Waals surface area contributed by atoms with E-state index in [-0.39, 0.29) is 11.8 Å². The highest BCUT2D eigenvalue weighted by molar-refractivity contribution is 5.63. The van der Waals surface area contributed by atoms with Gasteiger partial charge in [-0.15, -0.1) is 0 Å². The lowest BCUT2D eigenvalue weighted by Gasteiger charge is -2.16. The average molecular weight is 467 g/mol. The quantitative estimate of drug-likeness (QED) is 0.384. The van der Waals surface area contributed by atoms with Crippen LogP contribution >= 0.6 is 0 Å². The molecule has 0 amide bonds. The van der Waals surface area contributed by atoms with Crippen LogP contribution < -0.4 is 10.6 Å². The number of hydrogen-bond acceptors (Lipinski definition) is 4. The maximum Gasteiger partial charge on any atom is 0.421 e. The van der Waals surface area contributed by atoms with E-state index < -0.39 is 11.7 Å². The molecule has 1 heterocycles. The molecule has 2 saturated carbocycles. The molecule has 34 heavy (non-hydrogen) atoms. The van der Waals surface area contributed by atoms with Gasteiger partial charge in [-0.05, 0) is 72.9 Å². The fourth-order valence-corrected chi connectivity index (χ4v) is 5.24. The van der Waals surface area contributed by atoms with Gasteiger partial charge in [0.1, 0.15) is 11.4 Å². The number of alkyl halides is 3. The van der Waals surface area contributed by atoms with Crippen LogP contribution in [0.4, 0.5) is 36.3 Å². The summed E-state index contributed by atoms with van der Waals surface area (Å²) in [5.74, 6) is 0.943. The first-order valence-electron chi connectivity index (χ1n) is 12.1. The molecule has 7 heteroatoms. The summed E-state index contributed by atoms with van der Waals surface area (Å²) in [6, 6.07) is 15.7. The monoisotopic (exact) mass is 466 g/mol. The van der Waals surface area contributed by atoms with Crippen LogP contribution in [-0.2, 0) is 6.18 Å². The van der Waals surface area contributed by atoms with Gasteiger partial charge in [0.25, 0.3) is 0 Å². The SMILES string of the molecule is FC(F)(F)c1cnc(Nc2ccc(C3CCCC3)cc2)nc1Nc1cccc(C2CCCC2)c1. The van der Waals surface area contributed by atoms with Crippen LogP contribution in [0.2, 0.25) is 0 Å². The standard InChI is InChI=1S/C27H29F3N4/c28-27(29,30)24-17-31-26(33-22-14-12-20(13-15-22)18-6-1-2-7-18)34-25(24)32-23-11-5-10-21(16-23)19-8-3-4-9-19/h5,10-19H,1-4,6-9H2,(H2,31,32,33,34). The molecule has 2 aliphatic carbocycles. The number of hydrogen-bond donors (Lipinski definition) is 2. The molecule has 0 radical (unpaired) electrons. The third-order valence-electron chi connectivity index (χ3n) is 7.06. The van der Waals surface area contributed by atoms with Gasteiger partial charge in [-0.25, -0.2) is 4.98 Å². The van der Waals surface area contributed by atoms with E-state index in [0.29, 0.717) is 17.5 Å². The maximum absolute atomic E-state index is 13.7. The largest absolute Gasteiger partial charge is 0.421 e. The first-order chi connectivity index (χ1) is 16.5. The number of benzene rings is 2. The molecule has 0 saturated heterocycles. The second-order valence-corrected chi connectivity index (χ2v) is 9.41. The molecule has 5 rings (SSSR count). The van der Waals surface area contributed by atoms with Crippen molar-refractivity contribution in [1.82, 2.24) is 9.97 Å². The Bertz CT molecular complexity index is 1120. The second kappa shape index (κ2) is 9.65. The zero-order chi connectivity index (χ0) is 23.5. The fraction of sp³-hybridized carbons (Fsp3) is 0.407. The summed E-state index contributed by atoms with van der Waals surface area (Å²) in [5, 5.41) is 5.96. The number of nitrogens with zero attached hydrogens (tertiary/aromatic N) is 2. The van der Waals surface area contributed by atoms with E-state index in [2.05, 4.69) is 32.7 Å². The van der Waals surface area contributed by atoms with E-state index in [4.69, 9.17) is 0 Å². The van der Waals surface area contributed by atoms with Gasteiger partial charge in [0.2, 0.25) is 5.95 Å². The Labute approximate surface area is 198 Å². The van der Waals surface area contributed by atoms with Crippen molar-refractivity contribution in [3.8, 4) is 0 Å². The van der Waals surface area contributed by atoms with Gasteiger partial charge in [-0.2, -0.15) is 18.2 Å². The van der Waals surface area contributed by atoms with E-state index in [1.807, 2.05) is 30.3 Å². The fourth-order valence-electron chi connectivity index (χ4n) is 5.24. The first-order valence-corrected chi connectivity index (χ1v) is 12.1.